The topological polar surface area (TPSA) is 47.0 Å². The van der Waals surface area contributed by atoms with Crippen LogP contribution in [0.15, 0.2) is 0 Å². The maximum absolute atomic E-state index is 12.2. The maximum atomic E-state index is 12.2. The molecule has 0 unspecified atom stereocenters. The van der Waals surface area contributed by atoms with Crippen molar-refractivity contribution in [1.29, 1.82) is 0 Å². The molecule has 0 radical (unpaired) electrons. The van der Waals surface area contributed by atoms with Crippen LogP contribution in [0.25, 0.3) is 0 Å². The molecule has 0 spiro atoms. The largest absolute Gasteiger partial charge is 0.465 e. The van der Waals surface area contributed by atoms with E-state index in [0.717, 1.165) is 39.0 Å². The van der Waals surface area contributed by atoms with Crippen LogP contribution in [0.1, 0.15) is 12.8 Å². The zero-order chi connectivity index (χ0) is 13.0. The van der Waals surface area contributed by atoms with Gasteiger partial charge in [0.1, 0.15) is 6.67 Å². The summed E-state index contributed by atoms with van der Waals surface area (Å²) >= 11 is 0. The smallest absolute Gasteiger partial charge is 0.407 e. The van der Waals surface area contributed by atoms with Crippen LogP contribution >= 0.6 is 0 Å². The molecule has 1 N–H and O–H groups in total. The van der Waals surface area contributed by atoms with Gasteiger partial charge in [-0.1, -0.05) is 0 Å². The minimum Gasteiger partial charge on any atom is -0.465 e. The molecule has 104 valence electrons. The highest BCUT2D eigenvalue weighted by atomic mass is 19.1. The molecule has 2 saturated heterocycles. The van der Waals surface area contributed by atoms with E-state index in [0.29, 0.717) is 25.7 Å². The van der Waals surface area contributed by atoms with Crippen molar-refractivity contribution in [2.75, 3.05) is 52.5 Å². The van der Waals surface area contributed by atoms with Gasteiger partial charge in [0.2, 0.25) is 0 Å². The maximum Gasteiger partial charge on any atom is 0.407 e. The van der Waals surface area contributed by atoms with E-state index in [2.05, 4.69) is 9.80 Å². The van der Waals surface area contributed by atoms with Gasteiger partial charge in [-0.2, -0.15) is 0 Å². The Morgan fingerprint density at radius 1 is 1.11 bits per heavy atom. The molecule has 1 amide bonds. The van der Waals surface area contributed by atoms with Crippen LogP contribution < -0.4 is 0 Å². The van der Waals surface area contributed by atoms with Crippen molar-refractivity contribution in [2.45, 2.75) is 18.9 Å². The minimum atomic E-state index is -0.804. The molecule has 0 aromatic carbocycles. The third-order valence-corrected chi connectivity index (χ3v) is 4.06. The number of carbonyl (C=O) groups is 1. The van der Waals surface area contributed by atoms with E-state index >= 15 is 0 Å². The van der Waals surface area contributed by atoms with Gasteiger partial charge in [0.15, 0.2) is 0 Å². The molecule has 6 heteroatoms. The predicted molar refractivity (Wildman–Crippen MR) is 66.6 cm³/mol. The first-order chi connectivity index (χ1) is 8.70. The predicted octanol–water partition coefficient (Wildman–Crippen LogP) is 0.716. The number of hydrogen-bond acceptors (Lipinski definition) is 3. The van der Waals surface area contributed by atoms with E-state index in [1.807, 2.05) is 0 Å². The van der Waals surface area contributed by atoms with Crippen molar-refractivity contribution in [1.82, 2.24) is 14.7 Å². The van der Waals surface area contributed by atoms with Gasteiger partial charge in [-0.3, -0.25) is 9.80 Å². The first-order valence-electron chi connectivity index (χ1n) is 6.71. The summed E-state index contributed by atoms with van der Waals surface area (Å²) in [5.41, 5.74) is 0. The number of rotatable bonds is 3. The number of likely N-dealkylation sites (tertiary alicyclic amines) is 1. The van der Waals surface area contributed by atoms with Gasteiger partial charge in [-0.15, -0.1) is 0 Å². The molecule has 0 aromatic heterocycles. The summed E-state index contributed by atoms with van der Waals surface area (Å²) in [5, 5.41) is 8.90. The van der Waals surface area contributed by atoms with Crippen molar-refractivity contribution in [3.63, 3.8) is 0 Å². The van der Waals surface area contributed by atoms with E-state index < -0.39 is 6.09 Å². The molecule has 0 aliphatic carbocycles. The van der Waals surface area contributed by atoms with Crippen molar-refractivity contribution in [3.05, 3.63) is 0 Å². The lowest BCUT2D eigenvalue weighted by molar-refractivity contribution is 0.0566. The molecule has 0 saturated carbocycles. The lowest BCUT2D eigenvalue weighted by Crippen LogP contribution is -2.53. The summed E-state index contributed by atoms with van der Waals surface area (Å²) in [4.78, 5) is 16.9. The van der Waals surface area contributed by atoms with Crippen LogP contribution in [0, 0.1) is 0 Å². The summed E-state index contributed by atoms with van der Waals surface area (Å²) in [6.45, 7) is 5.40. The van der Waals surface area contributed by atoms with Gasteiger partial charge in [-0.25, -0.2) is 9.18 Å². The molecule has 2 aliphatic heterocycles. The van der Waals surface area contributed by atoms with E-state index in [4.69, 9.17) is 5.11 Å². The molecular weight excluding hydrogens is 237 g/mol. The highest BCUT2D eigenvalue weighted by Crippen LogP contribution is 2.18. The summed E-state index contributed by atoms with van der Waals surface area (Å²) in [5.74, 6) is 0. The van der Waals surface area contributed by atoms with Crippen molar-refractivity contribution < 1.29 is 14.3 Å². The van der Waals surface area contributed by atoms with Crippen LogP contribution in [-0.2, 0) is 0 Å². The Hall–Kier alpha value is -0.880. The second-order valence-electron chi connectivity index (χ2n) is 5.07. The number of alkyl halides is 1. The molecular formula is C12H22FN3O2. The minimum absolute atomic E-state index is 0.267. The number of piperidine rings is 1. The van der Waals surface area contributed by atoms with Gasteiger partial charge >= 0.3 is 6.09 Å². The molecule has 0 bridgehead atoms. The highest BCUT2D eigenvalue weighted by molar-refractivity contribution is 5.65. The second kappa shape index (κ2) is 6.33. The second-order valence-corrected chi connectivity index (χ2v) is 5.07. The molecule has 2 heterocycles. The molecule has 2 fully saturated rings. The van der Waals surface area contributed by atoms with Gasteiger partial charge in [0, 0.05) is 51.9 Å². The molecule has 5 nitrogen and oxygen atoms in total. The number of hydrogen-bond donors (Lipinski definition) is 1. The van der Waals surface area contributed by atoms with E-state index in [1.165, 1.54) is 4.90 Å². The number of halogens is 1. The molecule has 0 atom stereocenters. The fourth-order valence-electron chi connectivity index (χ4n) is 2.89. The van der Waals surface area contributed by atoms with Gasteiger partial charge in [0.25, 0.3) is 0 Å². The number of piperazine rings is 1. The summed E-state index contributed by atoms with van der Waals surface area (Å²) in [7, 11) is 0. The number of amides is 1. The van der Waals surface area contributed by atoms with Crippen LogP contribution in [0.4, 0.5) is 9.18 Å². The van der Waals surface area contributed by atoms with Crippen LogP contribution in [0.2, 0.25) is 0 Å². The molecule has 0 aromatic rings. The zero-order valence-corrected chi connectivity index (χ0v) is 10.7. The van der Waals surface area contributed by atoms with E-state index in [-0.39, 0.29) is 6.67 Å². The van der Waals surface area contributed by atoms with Gasteiger partial charge in [-0.05, 0) is 12.8 Å². The standard InChI is InChI=1S/C12H22FN3O2/c13-3-6-14-7-9-15(10-8-14)11-1-4-16(5-2-11)12(17)18/h11H,1-10H2,(H,17,18). The number of nitrogens with zero attached hydrogens (tertiary/aromatic N) is 3. The summed E-state index contributed by atoms with van der Waals surface area (Å²) < 4.78 is 12.2. The monoisotopic (exact) mass is 259 g/mol. The fourth-order valence-corrected chi connectivity index (χ4v) is 2.89. The van der Waals surface area contributed by atoms with Crippen molar-refractivity contribution in [3.8, 4) is 0 Å². The van der Waals surface area contributed by atoms with Gasteiger partial charge < -0.3 is 10.0 Å². The fraction of sp³-hybridized carbons (Fsp3) is 0.917. The molecule has 2 rings (SSSR count). The number of carboxylic acid groups (broad SMARTS) is 1. The Labute approximate surface area is 107 Å². The Kier molecular flexibility index (Phi) is 4.77. The third kappa shape index (κ3) is 3.32. The first kappa shape index (κ1) is 13.5. The Morgan fingerprint density at radius 3 is 2.22 bits per heavy atom. The zero-order valence-electron chi connectivity index (χ0n) is 10.7. The Morgan fingerprint density at radius 2 is 1.72 bits per heavy atom. The normalized spacial score (nSPS) is 24.4. The van der Waals surface area contributed by atoms with E-state index in [1.54, 1.807) is 0 Å². The lowest BCUT2D eigenvalue weighted by atomic mass is 10.0. The van der Waals surface area contributed by atoms with Crippen LogP contribution in [0.3, 0.4) is 0 Å². The average molecular weight is 259 g/mol. The quantitative estimate of drug-likeness (QED) is 0.811. The van der Waals surface area contributed by atoms with Crippen LogP contribution in [-0.4, -0.2) is 84.4 Å². The summed E-state index contributed by atoms with van der Waals surface area (Å²) in [6.07, 6.45) is 1.05. The Balaban J connectivity index is 1.73. The van der Waals surface area contributed by atoms with Crippen molar-refractivity contribution >= 4 is 6.09 Å². The average Bonchev–Trinajstić information content (AvgIpc) is 2.40. The van der Waals surface area contributed by atoms with Gasteiger partial charge in [0.05, 0.1) is 0 Å². The first-order valence-corrected chi connectivity index (χ1v) is 6.71. The van der Waals surface area contributed by atoms with Crippen LogP contribution in [0.5, 0.6) is 0 Å². The van der Waals surface area contributed by atoms with Crippen molar-refractivity contribution in [2.24, 2.45) is 0 Å². The molecule has 2 aliphatic rings. The molecule has 18 heavy (non-hydrogen) atoms. The third-order valence-electron chi connectivity index (χ3n) is 4.06. The lowest BCUT2D eigenvalue weighted by Gasteiger charge is -2.42. The summed E-state index contributed by atoms with van der Waals surface area (Å²) in [6, 6.07) is 0.508. The Bertz CT molecular complexity index is 274. The SMILES string of the molecule is O=C(O)N1CCC(N2CCN(CCF)CC2)CC1. The van der Waals surface area contributed by atoms with E-state index in [9.17, 15) is 9.18 Å². The highest BCUT2D eigenvalue weighted by Gasteiger charge is 2.28.